The third-order valence-corrected chi connectivity index (χ3v) is 2.61. The van der Waals surface area contributed by atoms with Crippen LogP contribution in [-0.2, 0) is 0 Å². The predicted octanol–water partition coefficient (Wildman–Crippen LogP) is 1.24. The number of nitrogens with zero attached hydrogens (tertiary/aromatic N) is 2. The Labute approximate surface area is 111 Å². The maximum Gasteiger partial charge on any atom is 0.211 e. The van der Waals surface area contributed by atoms with Crippen LogP contribution in [0, 0.1) is 29.8 Å². The lowest BCUT2D eigenvalue weighted by atomic mass is 10.2. The van der Waals surface area contributed by atoms with E-state index in [1.54, 1.807) is 0 Å². The van der Waals surface area contributed by atoms with Crippen molar-refractivity contribution in [3.05, 3.63) is 57.3 Å². The van der Waals surface area contributed by atoms with E-state index in [-0.39, 0.29) is 11.4 Å². The molecule has 0 unspecified atom stereocenters. The fourth-order valence-electron chi connectivity index (χ4n) is 1.66. The SMILES string of the molecule is Cc1cc(=O)c(C(=N)N)nn1-c1ccc(F)c(F)c1F. The van der Waals surface area contributed by atoms with E-state index in [1.165, 1.54) is 6.92 Å². The van der Waals surface area contributed by atoms with E-state index in [0.29, 0.717) is 0 Å². The number of aryl methyl sites for hydroxylation is 1. The second kappa shape index (κ2) is 4.80. The molecule has 1 heterocycles. The van der Waals surface area contributed by atoms with Crippen molar-refractivity contribution in [3.8, 4) is 5.69 Å². The zero-order valence-electron chi connectivity index (χ0n) is 10.2. The van der Waals surface area contributed by atoms with Crippen LogP contribution in [0.15, 0.2) is 23.0 Å². The first-order chi connectivity index (χ1) is 9.32. The van der Waals surface area contributed by atoms with Crippen LogP contribution in [0.1, 0.15) is 11.4 Å². The van der Waals surface area contributed by atoms with E-state index < -0.39 is 34.4 Å². The molecule has 0 fully saturated rings. The molecule has 0 saturated carbocycles. The van der Waals surface area contributed by atoms with Crippen molar-refractivity contribution >= 4 is 5.84 Å². The van der Waals surface area contributed by atoms with Crippen LogP contribution in [0.5, 0.6) is 0 Å². The summed E-state index contributed by atoms with van der Waals surface area (Å²) in [5, 5.41) is 10.9. The molecule has 8 heteroatoms. The summed E-state index contributed by atoms with van der Waals surface area (Å²) in [4.78, 5) is 11.5. The van der Waals surface area contributed by atoms with E-state index in [9.17, 15) is 18.0 Å². The number of rotatable bonds is 2. The van der Waals surface area contributed by atoms with E-state index >= 15 is 0 Å². The zero-order chi connectivity index (χ0) is 15.0. The maximum absolute atomic E-state index is 13.7. The number of benzene rings is 1. The van der Waals surface area contributed by atoms with Crippen LogP contribution in [0.4, 0.5) is 13.2 Å². The van der Waals surface area contributed by atoms with E-state index in [0.717, 1.165) is 22.9 Å². The average Bonchev–Trinajstić information content (AvgIpc) is 2.37. The number of hydrogen-bond acceptors (Lipinski definition) is 3. The van der Waals surface area contributed by atoms with Gasteiger partial charge in [-0.15, -0.1) is 0 Å². The Morgan fingerprint density at radius 3 is 2.55 bits per heavy atom. The standard InChI is InChI=1S/C12H9F3N4O/c1-5-4-8(20)11(12(16)17)18-19(5)7-3-2-6(13)9(14)10(7)15/h2-4H,1H3,(H3,16,17). The average molecular weight is 282 g/mol. The lowest BCUT2D eigenvalue weighted by Crippen LogP contribution is -2.27. The molecule has 104 valence electrons. The molecule has 3 N–H and O–H groups in total. The van der Waals surface area contributed by atoms with Gasteiger partial charge in [0.1, 0.15) is 11.5 Å². The summed E-state index contributed by atoms with van der Waals surface area (Å²) in [6, 6.07) is 2.78. The fourth-order valence-corrected chi connectivity index (χ4v) is 1.66. The van der Waals surface area contributed by atoms with E-state index in [1.807, 2.05) is 0 Å². The van der Waals surface area contributed by atoms with Crippen molar-refractivity contribution in [2.45, 2.75) is 6.92 Å². The lowest BCUT2D eigenvalue weighted by Gasteiger charge is -2.12. The summed E-state index contributed by atoms with van der Waals surface area (Å²) in [6.45, 7) is 1.43. The molecule has 0 aliphatic carbocycles. The fraction of sp³-hybridized carbons (Fsp3) is 0.0833. The van der Waals surface area contributed by atoms with Crippen molar-refractivity contribution in [1.82, 2.24) is 9.78 Å². The van der Waals surface area contributed by atoms with Gasteiger partial charge in [-0.2, -0.15) is 5.10 Å². The van der Waals surface area contributed by atoms with Gasteiger partial charge in [0, 0.05) is 11.8 Å². The molecule has 0 saturated heterocycles. The highest BCUT2D eigenvalue weighted by molar-refractivity contribution is 5.92. The minimum absolute atomic E-state index is 0.185. The summed E-state index contributed by atoms with van der Waals surface area (Å²) >= 11 is 0. The minimum Gasteiger partial charge on any atom is -0.382 e. The summed E-state index contributed by atoms with van der Waals surface area (Å²) in [7, 11) is 0. The third kappa shape index (κ3) is 2.15. The lowest BCUT2D eigenvalue weighted by molar-refractivity contribution is 0.442. The van der Waals surface area contributed by atoms with Crippen molar-refractivity contribution < 1.29 is 13.2 Å². The molecule has 20 heavy (non-hydrogen) atoms. The van der Waals surface area contributed by atoms with Crippen LogP contribution in [0.2, 0.25) is 0 Å². The van der Waals surface area contributed by atoms with E-state index in [2.05, 4.69) is 5.10 Å². The van der Waals surface area contributed by atoms with Gasteiger partial charge >= 0.3 is 0 Å². The normalized spacial score (nSPS) is 10.6. The Bertz CT molecular complexity index is 770. The molecule has 5 nitrogen and oxygen atoms in total. The number of aromatic nitrogens is 2. The molecular weight excluding hydrogens is 273 g/mol. The van der Waals surface area contributed by atoms with Gasteiger partial charge in [-0.25, -0.2) is 17.9 Å². The van der Waals surface area contributed by atoms with Crippen molar-refractivity contribution in [3.63, 3.8) is 0 Å². The Morgan fingerprint density at radius 2 is 1.95 bits per heavy atom. The molecule has 0 amide bonds. The van der Waals surface area contributed by atoms with Crippen molar-refractivity contribution in [2.75, 3.05) is 0 Å². The highest BCUT2D eigenvalue weighted by Gasteiger charge is 2.17. The first-order valence-electron chi connectivity index (χ1n) is 5.42. The van der Waals surface area contributed by atoms with Crippen LogP contribution >= 0.6 is 0 Å². The van der Waals surface area contributed by atoms with Crippen molar-refractivity contribution in [1.29, 1.82) is 5.41 Å². The largest absolute Gasteiger partial charge is 0.382 e. The van der Waals surface area contributed by atoms with Crippen LogP contribution in [-0.4, -0.2) is 15.6 Å². The number of nitrogens with two attached hydrogens (primary N) is 1. The number of nitrogens with one attached hydrogen (secondary N) is 1. The monoisotopic (exact) mass is 282 g/mol. The van der Waals surface area contributed by atoms with Gasteiger partial charge in [-0.3, -0.25) is 10.2 Å². The Balaban J connectivity index is 2.77. The summed E-state index contributed by atoms with van der Waals surface area (Å²) in [6.07, 6.45) is 0. The number of hydrogen-bond donors (Lipinski definition) is 2. The number of nitrogen functional groups attached to an aromatic ring is 1. The smallest absolute Gasteiger partial charge is 0.211 e. The molecule has 0 aliphatic rings. The minimum atomic E-state index is -1.65. The number of halogens is 3. The topological polar surface area (TPSA) is 84.8 Å². The Kier molecular flexibility index (Phi) is 3.31. The molecule has 2 aromatic rings. The Morgan fingerprint density at radius 1 is 1.30 bits per heavy atom. The van der Waals surface area contributed by atoms with E-state index in [4.69, 9.17) is 11.1 Å². The first kappa shape index (κ1) is 13.8. The summed E-state index contributed by atoms with van der Waals surface area (Å²) < 4.78 is 40.7. The van der Waals surface area contributed by atoms with Gasteiger partial charge in [-0.05, 0) is 19.1 Å². The molecule has 1 aromatic heterocycles. The molecule has 0 spiro atoms. The van der Waals surface area contributed by atoms with Crippen LogP contribution in [0.25, 0.3) is 5.69 Å². The van der Waals surface area contributed by atoms with Gasteiger partial charge in [0.2, 0.25) is 5.43 Å². The molecule has 1 aromatic carbocycles. The van der Waals surface area contributed by atoms with Gasteiger partial charge < -0.3 is 5.73 Å². The number of amidine groups is 1. The maximum atomic E-state index is 13.7. The predicted molar refractivity (Wildman–Crippen MR) is 65.5 cm³/mol. The first-order valence-corrected chi connectivity index (χ1v) is 5.42. The Hall–Kier alpha value is -2.64. The van der Waals surface area contributed by atoms with Crippen molar-refractivity contribution in [2.24, 2.45) is 5.73 Å². The molecule has 0 aliphatic heterocycles. The zero-order valence-corrected chi connectivity index (χ0v) is 10.2. The second-order valence-electron chi connectivity index (χ2n) is 4.02. The summed E-state index contributed by atoms with van der Waals surface area (Å²) in [5.74, 6) is -5.03. The highest BCUT2D eigenvalue weighted by Crippen LogP contribution is 2.19. The van der Waals surface area contributed by atoms with Gasteiger partial charge in [-0.1, -0.05) is 0 Å². The van der Waals surface area contributed by atoms with Crippen LogP contribution < -0.4 is 11.2 Å². The van der Waals surface area contributed by atoms with Gasteiger partial charge in [0.05, 0.1) is 0 Å². The third-order valence-electron chi connectivity index (χ3n) is 2.61. The summed E-state index contributed by atoms with van der Waals surface area (Å²) in [5.41, 5.74) is 3.96. The second-order valence-corrected chi connectivity index (χ2v) is 4.02. The highest BCUT2D eigenvalue weighted by atomic mass is 19.2. The molecular formula is C12H9F3N4O. The molecule has 0 radical (unpaired) electrons. The van der Waals surface area contributed by atoms with Gasteiger partial charge in [0.15, 0.2) is 23.1 Å². The molecule has 2 rings (SSSR count). The van der Waals surface area contributed by atoms with Crippen LogP contribution in [0.3, 0.4) is 0 Å². The molecule has 0 bridgehead atoms. The molecule has 0 atom stereocenters. The van der Waals surface area contributed by atoms with Gasteiger partial charge in [0.25, 0.3) is 0 Å². The quantitative estimate of drug-likeness (QED) is 0.494.